The molecule has 0 aromatic carbocycles. The maximum atomic E-state index is 12.8. The van der Waals surface area contributed by atoms with Crippen LogP contribution in [0.25, 0.3) is 0 Å². The number of methoxy groups -OCH3 is 1. The van der Waals surface area contributed by atoms with E-state index in [9.17, 15) is 24.0 Å². The van der Waals surface area contributed by atoms with Crippen molar-refractivity contribution in [1.29, 1.82) is 0 Å². The molecule has 3 N–H and O–H groups in total. The molecule has 0 radical (unpaired) electrons. The summed E-state index contributed by atoms with van der Waals surface area (Å²) in [6.07, 6.45) is 4.86. The van der Waals surface area contributed by atoms with Gasteiger partial charge in [-0.3, -0.25) is 19.2 Å². The molecule has 1 saturated heterocycles. The van der Waals surface area contributed by atoms with Crippen LogP contribution in [0.15, 0.2) is 25.3 Å². The summed E-state index contributed by atoms with van der Waals surface area (Å²) < 4.78 is 9.95. The number of amides is 3. The van der Waals surface area contributed by atoms with E-state index in [2.05, 4.69) is 23.8 Å². The molecule has 35 heavy (non-hydrogen) atoms. The molecule has 0 spiro atoms. The minimum absolute atomic E-state index is 0.0243. The lowest BCUT2D eigenvalue weighted by Crippen LogP contribution is -2.51. The first-order valence-electron chi connectivity index (χ1n) is 11.6. The first kappa shape index (κ1) is 29.8. The Kier molecular flexibility index (Phi) is 13.3. The molecular formula is C24H37N3O8. The van der Waals surface area contributed by atoms with Crippen LogP contribution in [-0.2, 0) is 33.4 Å². The molecule has 1 heterocycles. The van der Waals surface area contributed by atoms with E-state index >= 15 is 0 Å². The molecule has 1 aliphatic heterocycles. The molecule has 3 amide bonds. The quantitative estimate of drug-likeness (QED) is 0.164. The SMILES string of the molecule is C=CCC(C(=O)N[C@@H](C)CO)C(=O)N[C@H](COC(=O)[C@H](CC=C)CC(=O)N1CCCC1)C(=O)OC. The fourth-order valence-corrected chi connectivity index (χ4v) is 3.53. The van der Waals surface area contributed by atoms with Crippen LogP contribution in [-0.4, -0.2) is 85.2 Å². The van der Waals surface area contributed by atoms with Gasteiger partial charge in [0.1, 0.15) is 12.5 Å². The van der Waals surface area contributed by atoms with E-state index in [0.717, 1.165) is 20.0 Å². The molecule has 0 aliphatic carbocycles. The molecule has 0 saturated carbocycles. The van der Waals surface area contributed by atoms with Crippen LogP contribution < -0.4 is 10.6 Å². The molecule has 1 aliphatic rings. The van der Waals surface area contributed by atoms with Crippen LogP contribution in [0.2, 0.25) is 0 Å². The summed E-state index contributed by atoms with van der Waals surface area (Å²) in [6.45, 7) is 9.16. The van der Waals surface area contributed by atoms with E-state index in [-0.39, 0.29) is 31.8 Å². The monoisotopic (exact) mass is 495 g/mol. The van der Waals surface area contributed by atoms with Crippen LogP contribution in [0.3, 0.4) is 0 Å². The van der Waals surface area contributed by atoms with Gasteiger partial charge in [-0.15, -0.1) is 13.2 Å². The first-order chi connectivity index (χ1) is 16.7. The Morgan fingerprint density at radius 1 is 1.00 bits per heavy atom. The fraction of sp³-hybridized carbons (Fsp3) is 0.625. The number of ether oxygens (including phenoxy) is 2. The molecule has 1 fully saturated rings. The summed E-state index contributed by atoms with van der Waals surface area (Å²) >= 11 is 0. The molecule has 0 aromatic rings. The standard InChI is InChI=1S/C24H37N3O8/c1-5-9-17(13-20(29)27-11-7-8-12-27)23(32)35-15-19(24(33)34-4)26-22(31)18(10-6-2)21(30)25-16(3)14-28/h5-6,16-19,28H,1-2,7-15H2,3-4H3,(H,25,30)(H,26,31)/t16-,17+,18?,19+/m0/s1. The zero-order valence-electron chi connectivity index (χ0n) is 20.5. The number of hydrogen-bond acceptors (Lipinski definition) is 8. The largest absolute Gasteiger partial charge is 0.467 e. The third kappa shape index (κ3) is 9.89. The smallest absolute Gasteiger partial charge is 0.331 e. The van der Waals surface area contributed by atoms with Crippen LogP contribution >= 0.6 is 0 Å². The van der Waals surface area contributed by atoms with Crippen LogP contribution in [0.1, 0.15) is 39.0 Å². The highest BCUT2D eigenvalue weighted by Crippen LogP contribution is 2.17. The zero-order valence-corrected chi connectivity index (χ0v) is 20.5. The lowest BCUT2D eigenvalue weighted by atomic mass is 10.0. The Morgan fingerprint density at radius 3 is 2.14 bits per heavy atom. The van der Waals surface area contributed by atoms with Crippen molar-refractivity contribution in [3.05, 3.63) is 25.3 Å². The van der Waals surface area contributed by atoms with Crippen LogP contribution in [0, 0.1) is 11.8 Å². The molecule has 0 bridgehead atoms. The number of likely N-dealkylation sites (tertiary alicyclic amines) is 1. The average molecular weight is 496 g/mol. The molecule has 0 aromatic heterocycles. The lowest BCUT2D eigenvalue weighted by molar-refractivity contribution is -0.157. The second kappa shape index (κ2) is 15.6. The van der Waals surface area contributed by atoms with E-state index in [1.807, 2.05) is 0 Å². The summed E-state index contributed by atoms with van der Waals surface area (Å²) in [6, 6.07) is -1.95. The van der Waals surface area contributed by atoms with Crippen molar-refractivity contribution in [3.8, 4) is 0 Å². The van der Waals surface area contributed by atoms with Crippen LogP contribution in [0.5, 0.6) is 0 Å². The van der Waals surface area contributed by atoms with Gasteiger partial charge in [0.05, 0.1) is 19.6 Å². The second-order valence-corrected chi connectivity index (χ2v) is 8.40. The van der Waals surface area contributed by atoms with E-state index < -0.39 is 54.3 Å². The van der Waals surface area contributed by atoms with Crippen molar-refractivity contribution < 1.29 is 38.6 Å². The lowest BCUT2D eigenvalue weighted by Gasteiger charge is -2.23. The van der Waals surface area contributed by atoms with Gasteiger partial charge in [-0.25, -0.2) is 4.79 Å². The predicted octanol–water partition coefficient (Wildman–Crippen LogP) is 0.0815. The van der Waals surface area contributed by atoms with Gasteiger partial charge in [-0.2, -0.15) is 0 Å². The van der Waals surface area contributed by atoms with Gasteiger partial charge in [0, 0.05) is 25.6 Å². The maximum absolute atomic E-state index is 12.8. The van der Waals surface area contributed by atoms with Gasteiger partial charge in [0.2, 0.25) is 17.7 Å². The van der Waals surface area contributed by atoms with Crippen molar-refractivity contribution in [2.45, 2.75) is 51.1 Å². The van der Waals surface area contributed by atoms with Crippen molar-refractivity contribution >= 4 is 29.7 Å². The molecule has 1 rings (SSSR count). The Labute approximate surface area is 205 Å². The number of nitrogens with zero attached hydrogens (tertiary/aromatic N) is 1. The van der Waals surface area contributed by atoms with Gasteiger partial charge < -0.3 is 30.1 Å². The van der Waals surface area contributed by atoms with Crippen molar-refractivity contribution in [3.63, 3.8) is 0 Å². The van der Waals surface area contributed by atoms with E-state index in [0.29, 0.717) is 13.1 Å². The van der Waals surface area contributed by atoms with E-state index in [1.165, 1.54) is 12.2 Å². The normalized spacial score (nSPS) is 16.3. The second-order valence-electron chi connectivity index (χ2n) is 8.40. The number of hydrogen-bond donors (Lipinski definition) is 3. The van der Waals surface area contributed by atoms with Gasteiger partial charge in [-0.05, 0) is 32.6 Å². The number of aliphatic hydroxyl groups excluding tert-OH is 1. The third-order valence-electron chi connectivity index (χ3n) is 5.56. The highest BCUT2D eigenvalue weighted by atomic mass is 16.5. The minimum atomic E-state index is -1.37. The zero-order chi connectivity index (χ0) is 26.4. The molecule has 4 atom stereocenters. The number of carbonyl (C=O) groups is 5. The number of carbonyl (C=O) groups excluding carboxylic acids is 5. The minimum Gasteiger partial charge on any atom is -0.467 e. The van der Waals surface area contributed by atoms with Gasteiger partial charge in [-0.1, -0.05) is 12.2 Å². The number of esters is 2. The molecule has 11 heteroatoms. The highest BCUT2D eigenvalue weighted by Gasteiger charge is 2.32. The van der Waals surface area contributed by atoms with Gasteiger partial charge in [0.25, 0.3) is 0 Å². The molecule has 196 valence electrons. The van der Waals surface area contributed by atoms with Gasteiger partial charge >= 0.3 is 11.9 Å². The Hall–Kier alpha value is -3.21. The number of aliphatic hydroxyl groups is 1. The topological polar surface area (TPSA) is 151 Å². The summed E-state index contributed by atoms with van der Waals surface area (Å²) in [7, 11) is 1.11. The maximum Gasteiger partial charge on any atom is 0.331 e. The average Bonchev–Trinajstić information content (AvgIpc) is 3.38. The fourth-order valence-electron chi connectivity index (χ4n) is 3.53. The number of rotatable bonds is 15. The summed E-state index contributed by atoms with van der Waals surface area (Å²) in [5.41, 5.74) is 0. The van der Waals surface area contributed by atoms with Crippen LogP contribution in [0.4, 0.5) is 0 Å². The summed E-state index contributed by atoms with van der Waals surface area (Å²) in [5.74, 6) is -5.20. The summed E-state index contributed by atoms with van der Waals surface area (Å²) in [4.78, 5) is 64.2. The van der Waals surface area contributed by atoms with Crippen molar-refractivity contribution in [2.24, 2.45) is 11.8 Å². The van der Waals surface area contributed by atoms with E-state index in [4.69, 9.17) is 14.6 Å². The predicted molar refractivity (Wildman–Crippen MR) is 127 cm³/mol. The van der Waals surface area contributed by atoms with Crippen molar-refractivity contribution in [2.75, 3.05) is 33.4 Å². The summed E-state index contributed by atoms with van der Waals surface area (Å²) in [5, 5.41) is 14.0. The molecule has 11 nitrogen and oxygen atoms in total. The molecular weight excluding hydrogens is 458 g/mol. The Bertz CT molecular complexity index is 779. The van der Waals surface area contributed by atoms with E-state index in [1.54, 1.807) is 11.8 Å². The highest BCUT2D eigenvalue weighted by molar-refractivity contribution is 6.01. The third-order valence-corrected chi connectivity index (χ3v) is 5.56. The molecule has 1 unspecified atom stereocenters. The number of allylic oxidation sites excluding steroid dienone is 2. The van der Waals surface area contributed by atoms with Gasteiger partial charge in [0.15, 0.2) is 6.04 Å². The Morgan fingerprint density at radius 2 is 1.60 bits per heavy atom. The van der Waals surface area contributed by atoms with Crippen molar-refractivity contribution in [1.82, 2.24) is 15.5 Å². The first-order valence-corrected chi connectivity index (χ1v) is 11.6. The number of nitrogens with one attached hydrogen (secondary N) is 2. The Balaban J connectivity index is 2.83.